The quantitative estimate of drug-likeness (QED) is 0.593. The Bertz CT molecular complexity index is 884. The van der Waals surface area contributed by atoms with Gasteiger partial charge in [0.25, 0.3) is 0 Å². The number of thioether (sulfide) groups is 1. The Hall–Kier alpha value is -1.65. The minimum atomic E-state index is -3.71. The van der Waals surface area contributed by atoms with Gasteiger partial charge in [-0.05, 0) is 30.2 Å². The van der Waals surface area contributed by atoms with Gasteiger partial charge in [-0.15, -0.1) is 11.3 Å². The molecule has 1 fully saturated rings. The van der Waals surface area contributed by atoms with Gasteiger partial charge in [-0.2, -0.15) is 0 Å². The number of nitrogens with two attached hydrogens (primary N) is 1. The van der Waals surface area contributed by atoms with Gasteiger partial charge in [0.1, 0.15) is 14.9 Å². The fourth-order valence-corrected chi connectivity index (χ4v) is 5.91. The molecule has 1 aliphatic heterocycles. The van der Waals surface area contributed by atoms with Crippen LogP contribution in [-0.2, 0) is 14.6 Å². The van der Waals surface area contributed by atoms with E-state index in [1.807, 2.05) is 4.90 Å². The molecule has 2 aromatic rings. The number of anilines is 1. The molecule has 1 saturated heterocycles. The van der Waals surface area contributed by atoms with E-state index in [9.17, 15) is 13.2 Å². The maximum Gasteiger partial charge on any atom is 0.233 e. The molecule has 0 unspecified atom stereocenters. The smallest absolute Gasteiger partial charge is 0.233 e. The second kappa shape index (κ2) is 7.93. The largest absolute Gasteiger partial charge is 0.382 e. The molecule has 0 bridgehead atoms. The standard InChI is InChI=1S/C16H20N4O3S3/c1-11-4-2-6-20(9-11)13(21)10-25-16-18-8-12(15(17)19-16)26(22,23)14-5-3-7-24-14/h3,5,7-8,11H,2,4,6,9-10H2,1H3,(H2,17,18,19)/t11-/m0/s1. The normalized spacial score (nSPS) is 18.0. The summed E-state index contributed by atoms with van der Waals surface area (Å²) in [5.74, 6) is 0.670. The van der Waals surface area contributed by atoms with Gasteiger partial charge >= 0.3 is 0 Å². The molecule has 10 heteroatoms. The molecule has 0 radical (unpaired) electrons. The predicted octanol–water partition coefficient (Wildman–Crippen LogP) is 2.30. The first-order valence-electron chi connectivity index (χ1n) is 8.19. The van der Waals surface area contributed by atoms with Crippen molar-refractivity contribution in [2.75, 3.05) is 24.6 Å². The Morgan fingerprint density at radius 3 is 2.96 bits per heavy atom. The van der Waals surface area contributed by atoms with Gasteiger partial charge in [0, 0.05) is 13.1 Å². The summed E-state index contributed by atoms with van der Waals surface area (Å²) in [6.07, 6.45) is 3.39. The van der Waals surface area contributed by atoms with Crippen LogP contribution in [0.1, 0.15) is 19.8 Å². The van der Waals surface area contributed by atoms with Crippen LogP contribution in [0.2, 0.25) is 0 Å². The van der Waals surface area contributed by atoms with Crippen molar-refractivity contribution in [3.05, 3.63) is 23.7 Å². The summed E-state index contributed by atoms with van der Waals surface area (Å²) in [5, 5.41) is 1.98. The summed E-state index contributed by atoms with van der Waals surface area (Å²) >= 11 is 2.28. The maximum atomic E-state index is 12.5. The average molecular weight is 413 g/mol. The molecule has 0 aliphatic carbocycles. The van der Waals surface area contributed by atoms with Crippen molar-refractivity contribution in [2.45, 2.75) is 34.0 Å². The molecule has 2 N–H and O–H groups in total. The molecule has 1 amide bonds. The first kappa shape index (κ1) is 19.1. The van der Waals surface area contributed by atoms with Crippen LogP contribution in [0.3, 0.4) is 0 Å². The number of rotatable bonds is 5. The average Bonchev–Trinajstić information content (AvgIpc) is 3.15. The van der Waals surface area contributed by atoms with Crippen molar-refractivity contribution in [3.63, 3.8) is 0 Å². The van der Waals surface area contributed by atoms with Crippen LogP contribution in [0.4, 0.5) is 5.82 Å². The summed E-state index contributed by atoms with van der Waals surface area (Å²) in [6.45, 7) is 3.70. The fraction of sp³-hybridized carbons (Fsp3) is 0.438. The molecule has 3 rings (SSSR count). The summed E-state index contributed by atoms with van der Waals surface area (Å²) in [6, 6.07) is 3.17. The van der Waals surface area contributed by atoms with Gasteiger partial charge in [0.2, 0.25) is 15.7 Å². The van der Waals surface area contributed by atoms with E-state index in [0.29, 0.717) is 11.1 Å². The first-order chi connectivity index (χ1) is 12.4. The molecule has 26 heavy (non-hydrogen) atoms. The summed E-state index contributed by atoms with van der Waals surface area (Å²) in [7, 11) is -3.71. The number of likely N-dealkylation sites (tertiary alicyclic amines) is 1. The lowest BCUT2D eigenvalue weighted by Crippen LogP contribution is -2.40. The van der Waals surface area contributed by atoms with Crippen LogP contribution in [-0.4, -0.2) is 48.0 Å². The van der Waals surface area contributed by atoms with Crippen molar-refractivity contribution < 1.29 is 13.2 Å². The van der Waals surface area contributed by atoms with E-state index in [1.165, 1.54) is 24.0 Å². The van der Waals surface area contributed by atoms with Gasteiger partial charge in [-0.25, -0.2) is 18.4 Å². The molecule has 1 aliphatic rings. The van der Waals surface area contributed by atoms with E-state index in [0.717, 1.165) is 37.3 Å². The van der Waals surface area contributed by atoms with E-state index in [-0.39, 0.29) is 26.6 Å². The highest BCUT2D eigenvalue weighted by Crippen LogP contribution is 2.28. The van der Waals surface area contributed by atoms with Crippen molar-refractivity contribution in [1.82, 2.24) is 14.9 Å². The minimum absolute atomic E-state index is 0.0407. The third kappa shape index (κ3) is 4.18. The Morgan fingerprint density at radius 1 is 1.50 bits per heavy atom. The Morgan fingerprint density at radius 2 is 2.31 bits per heavy atom. The summed E-state index contributed by atoms with van der Waals surface area (Å²) < 4.78 is 25.2. The van der Waals surface area contributed by atoms with E-state index < -0.39 is 9.84 Å². The van der Waals surface area contributed by atoms with E-state index >= 15 is 0 Å². The van der Waals surface area contributed by atoms with Crippen LogP contribution < -0.4 is 5.73 Å². The van der Waals surface area contributed by atoms with Crippen LogP contribution in [0.25, 0.3) is 0 Å². The highest BCUT2D eigenvalue weighted by molar-refractivity contribution is 7.99. The van der Waals surface area contributed by atoms with E-state index in [4.69, 9.17) is 5.73 Å². The van der Waals surface area contributed by atoms with E-state index in [1.54, 1.807) is 11.4 Å². The molecule has 0 spiro atoms. The van der Waals surface area contributed by atoms with Gasteiger partial charge in [0.05, 0.1) is 11.9 Å². The van der Waals surface area contributed by atoms with Gasteiger partial charge < -0.3 is 10.6 Å². The number of aromatic nitrogens is 2. The number of thiophene rings is 1. The molecule has 2 aromatic heterocycles. The Balaban J connectivity index is 1.67. The number of hydrogen-bond donors (Lipinski definition) is 1. The van der Waals surface area contributed by atoms with Crippen LogP contribution in [0.15, 0.2) is 38.0 Å². The number of carbonyl (C=O) groups excluding carboxylic acids is 1. The van der Waals surface area contributed by atoms with E-state index in [2.05, 4.69) is 16.9 Å². The third-order valence-corrected chi connectivity index (χ3v) is 8.16. The molecule has 0 saturated carbocycles. The van der Waals surface area contributed by atoms with Crippen LogP contribution >= 0.6 is 23.1 Å². The third-order valence-electron chi connectivity index (χ3n) is 4.14. The summed E-state index contributed by atoms with van der Waals surface area (Å²) in [4.78, 5) is 22.2. The van der Waals surface area contributed by atoms with Crippen LogP contribution in [0.5, 0.6) is 0 Å². The monoisotopic (exact) mass is 412 g/mol. The number of hydrogen-bond acceptors (Lipinski definition) is 8. The van der Waals surface area contributed by atoms with Crippen molar-refractivity contribution in [3.8, 4) is 0 Å². The van der Waals surface area contributed by atoms with Crippen molar-refractivity contribution in [1.29, 1.82) is 0 Å². The van der Waals surface area contributed by atoms with Crippen molar-refractivity contribution >= 4 is 44.7 Å². The minimum Gasteiger partial charge on any atom is -0.382 e. The number of nitrogens with zero attached hydrogens (tertiary/aromatic N) is 3. The SMILES string of the molecule is C[C@H]1CCCN(C(=O)CSc2ncc(S(=O)(=O)c3cccs3)c(N)n2)C1. The highest BCUT2D eigenvalue weighted by atomic mass is 32.2. The topological polar surface area (TPSA) is 106 Å². The molecule has 1 atom stereocenters. The summed E-state index contributed by atoms with van der Waals surface area (Å²) in [5.41, 5.74) is 5.85. The lowest BCUT2D eigenvalue weighted by atomic mass is 10.0. The Kier molecular flexibility index (Phi) is 5.83. The fourth-order valence-electron chi connectivity index (χ4n) is 2.80. The molecule has 3 heterocycles. The lowest BCUT2D eigenvalue weighted by molar-refractivity contribution is -0.130. The molecular formula is C16H20N4O3S3. The maximum absolute atomic E-state index is 12.5. The van der Waals surface area contributed by atoms with Crippen molar-refractivity contribution in [2.24, 2.45) is 5.92 Å². The number of carbonyl (C=O) groups is 1. The lowest BCUT2D eigenvalue weighted by Gasteiger charge is -2.30. The number of nitrogen functional groups attached to an aromatic ring is 1. The Labute approximate surface area is 160 Å². The number of piperidine rings is 1. The number of sulfone groups is 1. The molecule has 140 valence electrons. The first-order valence-corrected chi connectivity index (χ1v) is 11.5. The second-order valence-electron chi connectivity index (χ2n) is 6.21. The van der Waals surface area contributed by atoms with Gasteiger partial charge in [0.15, 0.2) is 5.16 Å². The zero-order chi connectivity index (χ0) is 18.7. The van der Waals surface area contributed by atoms with Gasteiger partial charge in [-0.3, -0.25) is 4.79 Å². The second-order valence-corrected chi connectivity index (χ2v) is 10.2. The molecule has 0 aromatic carbocycles. The zero-order valence-corrected chi connectivity index (χ0v) is 16.7. The molecule has 7 nitrogen and oxygen atoms in total. The zero-order valence-electron chi connectivity index (χ0n) is 14.3. The number of amides is 1. The van der Waals surface area contributed by atoms with Crippen LogP contribution in [0, 0.1) is 5.92 Å². The predicted molar refractivity (Wildman–Crippen MR) is 102 cm³/mol. The van der Waals surface area contributed by atoms with Gasteiger partial charge in [-0.1, -0.05) is 24.8 Å². The molecular weight excluding hydrogens is 392 g/mol. The highest BCUT2D eigenvalue weighted by Gasteiger charge is 2.24.